The molecule has 2 heteroatoms. The lowest BCUT2D eigenvalue weighted by molar-refractivity contribution is 0.266. The van der Waals surface area contributed by atoms with E-state index in [0.29, 0.717) is 47.3 Å². The van der Waals surface area contributed by atoms with E-state index in [1.807, 2.05) is 24.3 Å². The molecule has 0 nitrogen and oxygen atoms in total. The van der Waals surface area contributed by atoms with Gasteiger partial charge in [0.1, 0.15) is 11.6 Å². The zero-order valence-electron chi connectivity index (χ0n) is 84.1. The fourth-order valence-corrected chi connectivity index (χ4v) is 26.3. The summed E-state index contributed by atoms with van der Waals surface area (Å²) in [5, 5.41) is 0. The number of hydrogen-bond donors (Lipinski definition) is 0. The molecule has 8 unspecified atom stereocenters. The second kappa shape index (κ2) is 45.4. The van der Waals surface area contributed by atoms with Gasteiger partial charge in [-0.1, -0.05) is 438 Å². The van der Waals surface area contributed by atoms with Gasteiger partial charge in [-0.2, -0.15) is 0 Å². The van der Waals surface area contributed by atoms with Gasteiger partial charge in [-0.15, -0.1) is 0 Å². The van der Waals surface area contributed by atoms with Crippen LogP contribution >= 0.6 is 0 Å². The number of rotatable bonds is 53. The molecule has 0 spiro atoms. The molecule has 0 aromatic heterocycles. The highest BCUT2D eigenvalue weighted by Crippen LogP contribution is 2.64. The molecule has 0 saturated heterocycles. The quantitative estimate of drug-likeness (QED) is 0.0356. The number of fused-ring (bicyclic) bond motifs is 12. The minimum absolute atomic E-state index is 0.180. The Morgan fingerprint density at radius 3 is 0.415 bits per heavy atom. The summed E-state index contributed by atoms with van der Waals surface area (Å²) in [5.41, 5.74) is 35.9. The summed E-state index contributed by atoms with van der Waals surface area (Å²) >= 11 is 0. The molecule has 0 aliphatic heterocycles. The zero-order chi connectivity index (χ0) is 91.7. The Morgan fingerprint density at radius 1 is 0.169 bits per heavy atom. The molecule has 130 heavy (non-hydrogen) atoms. The van der Waals surface area contributed by atoms with Crippen LogP contribution in [0.25, 0.3) is 100 Å². The van der Waals surface area contributed by atoms with Crippen LogP contribution < -0.4 is 0 Å². The molecule has 0 amide bonds. The Morgan fingerprint density at radius 2 is 0.292 bits per heavy atom. The van der Waals surface area contributed by atoms with Gasteiger partial charge in [0.15, 0.2) is 0 Å². The number of benzene rings is 10. The highest BCUT2D eigenvalue weighted by molar-refractivity contribution is 5.93. The third-order valence-corrected chi connectivity index (χ3v) is 34.2. The monoisotopic (exact) mass is 1740 g/mol. The maximum absolute atomic E-state index is 14.8. The molecular formula is C128H168F2. The third-order valence-electron chi connectivity index (χ3n) is 34.2. The van der Waals surface area contributed by atoms with E-state index < -0.39 is 0 Å². The topological polar surface area (TPSA) is 0 Å². The molecule has 4 aliphatic carbocycles. The first kappa shape index (κ1) is 98.1. The Balaban J connectivity index is 0.944. The van der Waals surface area contributed by atoms with Crippen molar-refractivity contribution in [3.05, 3.63) is 250 Å². The van der Waals surface area contributed by atoms with Gasteiger partial charge in [-0.3, -0.25) is 0 Å². The predicted molar refractivity (Wildman–Crippen MR) is 562 cm³/mol. The van der Waals surface area contributed by atoms with E-state index in [0.717, 1.165) is 62.5 Å². The van der Waals surface area contributed by atoms with Gasteiger partial charge in [0, 0.05) is 21.7 Å². The summed E-state index contributed by atoms with van der Waals surface area (Å²) in [7, 11) is 0. The van der Waals surface area contributed by atoms with E-state index in [-0.39, 0.29) is 33.3 Å². The first-order valence-corrected chi connectivity index (χ1v) is 54.1. The number of hydrogen-bond acceptors (Lipinski definition) is 0. The van der Waals surface area contributed by atoms with Crippen LogP contribution in [0.4, 0.5) is 8.78 Å². The fourth-order valence-electron chi connectivity index (χ4n) is 26.3. The average molecular weight is 1740 g/mol. The predicted octanol–water partition coefficient (Wildman–Crippen LogP) is 40.2. The van der Waals surface area contributed by atoms with Crippen LogP contribution in [0, 0.1) is 59.0 Å². The summed E-state index contributed by atoms with van der Waals surface area (Å²) in [6.45, 7) is 39.1. The first-order chi connectivity index (χ1) is 63.4. The highest BCUT2D eigenvalue weighted by atomic mass is 19.1. The summed E-state index contributed by atoms with van der Waals surface area (Å²) < 4.78 is 29.6. The SMILES string of the molecule is CCCCC(CC)CC1(CC(CC)CCCC)c2cc(-c3ccc(F)cc3)ccc2-c2ccc(-c3ccc4c(c3)C(CC(CC)CCCC)(CC(CC)CCCC)c3cc(-c5ccc6c(c5)C(CC(CC)CCCC)(CC(CC)CCCC)c5cc(-c7ccc8c(c7)C(CC(CC)CCCC)(CC(CC)CCCC)c7cc(-c9ccc(F)cc9)ccc7-8)ccc5-6)ccc3-4)cc21. The molecule has 0 heterocycles. The van der Waals surface area contributed by atoms with Crippen LogP contribution in [0.2, 0.25) is 0 Å². The molecule has 0 radical (unpaired) electrons. The normalized spacial score (nSPS) is 19.2. The Labute approximate surface area is 790 Å². The van der Waals surface area contributed by atoms with E-state index in [1.165, 1.54) is 306 Å². The van der Waals surface area contributed by atoms with Crippen LogP contribution in [0.1, 0.15) is 412 Å². The summed E-state index contributed by atoms with van der Waals surface area (Å²) in [6, 6.07) is 76.9. The van der Waals surface area contributed by atoms with Gasteiger partial charge in [-0.25, -0.2) is 8.78 Å². The minimum atomic E-state index is -0.199. The van der Waals surface area contributed by atoms with Crippen molar-refractivity contribution in [3.63, 3.8) is 0 Å². The standard InChI is InChI=1S/C128H168F2/c1-17-33-41-89(25-9)81-125(82-90(26-10)42-34-18-2)117-73-99(97-49-61-107(129)62-50-97)53-65-109(117)111-67-55-101(75-119(111)125)103-57-69-113-115-71-59-105(79-123(115)127(121(113)77-103,85-93(29-13)45-37-21-5)86-94(30-14)46-38-22-6)106-60-72-116-114-70-58-104(78-122(114)128(124(116)80-106,87-95(31-15)47-39-23-7)88-96(32-16)48-40-24-8)102-56-68-112-110-66-54-100(98-51-63-108(130)64-52-98)74-118(110)126(120(112)76-102,83-91(27-11)43-35-19-3)84-92(28-12)44-36-20-4/h49-80,89-96H,17-48,81-88H2,1-16H3. The molecule has 0 N–H and O–H groups in total. The van der Waals surface area contributed by atoms with Crippen molar-refractivity contribution >= 4 is 0 Å². The Bertz CT molecular complexity index is 4910. The third kappa shape index (κ3) is 20.5. The van der Waals surface area contributed by atoms with E-state index in [9.17, 15) is 8.78 Å². The average Bonchev–Trinajstić information content (AvgIpc) is 1.56. The molecule has 8 atom stereocenters. The van der Waals surface area contributed by atoms with Crippen molar-refractivity contribution in [2.24, 2.45) is 47.3 Å². The molecule has 10 aromatic rings. The number of halogens is 2. The van der Waals surface area contributed by atoms with E-state index in [2.05, 4.69) is 256 Å². The van der Waals surface area contributed by atoms with Crippen LogP contribution in [-0.4, -0.2) is 0 Å². The summed E-state index contributed by atoms with van der Waals surface area (Å²) in [6.07, 6.45) is 48.5. The van der Waals surface area contributed by atoms with Crippen LogP contribution in [0.3, 0.4) is 0 Å². The van der Waals surface area contributed by atoms with E-state index in [4.69, 9.17) is 0 Å². The van der Waals surface area contributed by atoms with Crippen molar-refractivity contribution in [2.75, 3.05) is 0 Å². The lowest BCUT2D eigenvalue weighted by Gasteiger charge is -2.39. The number of unbranched alkanes of at least 4 members (excludes halogenated alkanes) is 8. The van der Waals surface area contributed by atoms with Gasteiger partial charge in [0.25, 0.3) is 0 Å². The van der Waals surface area contributed by atoms with Gasteiger partial charge < -0.3 is 0 Å². The molecule has 4 aliphatic rings. The van der Waals surface area contributed by atoms with Crippen molar-refractivity contribution in [2.45, 2.75) is 389 Å². The van der Waals surface area contributed by atoms with Gasteiger partial charge in [-0.05, 0) is 316 Å². The van der Waals surface area contributed by atoms with E-state index in [1.54, 1.807) is 57.6 Å². The largest absolute Gasteiger partial charge is 0.207 e. The molecule has 694 valence electrons. The van der Waals surface area contributed by atoms with Crippen molar-refractivity contribution in [1.29, 1.82) is 0 Å². The highest BCUT2D eigenvalue weighted by Gasteiger charge is 2.52. The van der Waals surface area contributed by atoms with Crippen LogP contribution in [0.15, 0.2) is 194 Å². The second-order valence-electron chi connectivity index (χ2n) is 42.4. The Hall–Kier alpha value is -7.94. The Kier molecular flexibility index (Phi) is 34.2. The fraction of sp³-hybridized carbons (Fsp3) is 0.531. The smallest absolute Gasteiger partial charge is 0.123 e. The van der Waals surface area contributed by atoms with Crippen LogP contribution in [-0.2, 0) is 21.7 Å². The van der Waals surface area contributed by atoms with Crippen molar-refractivity contribution < 1.29 is 8.78 Å². The molecule has 10 aromatic carbocycles. The maximum Gasteiger partial charge on any atom is 0.123 e. The van der Waals surface area contributed by atoms with Crippen LogP contribution in [0.5, 0.6) is 0 Å². The van der Waals surface area contributed by atoms with Gasteiger partial charge in [0.05, 0.1) is 0 Å². The minimum Gasteiger partial charge on any atom is -0.207 e. The van der Waals surface area contributed by atoms with Crippen molar-refractivity contribution in [1.82, 2.24) is 0 Å². The molecular weight excluding hydrogens is 1580 g/mol. The van der Waals surface area contributed by atoms with Gasteiger partial charge >= 0.3 is 0 Å². The summed E-state index contributed by atoms with van der Waals surface area (Å²) in [4.78, 5) is 0. The lowest BCUT2D eigenvalue weighted by atomic mass is 9.64. The van der Waals surface area contributed by atoms with Gasteiger partial charge in [0.2, 0.25) is 0 Å². The maximum atomic E-state index is 14.8. The molecule has 0 bridgehead atoms. The molecule has 0 saturated carbocycles. The first-order valence-electron chi connectivity index (χ1n) is 54.1. The molecule has 0 fully saturated rings. The lowest BCUT2D eigenvalue weighted by Crippen LogP contribution is -2.32. The zero-order valence-corrected chi connectivity index (χ0v) is 84.1. The summed E-state index contributed by atoms with van der Waals surface area (Å²) in [5.74, 6) is 4.33. The molecule has 14 rings (SSSR count). The van der Waals surface area contributed by atoms with E-state index >= 15 is 0 Å². The van der Waals surface area contributed by atoms with Crippen molar-refractivity contribution in [3.8, 4) is 100 Å². The second-order valence-corrected chi connectivity index (χ2v) is 42.4.